The SMILES string of the molecule is CC(=O)NCn1cc[n+](C)c1.CC(=O)NCn1cc[n+](C)c1.[Cl-].[N-]=[N+]=[N-]. The minimum absolute atomic E-state index is 0. The fourth-order valence-electron chi connectivity index (χ4n) is 1.60. The summed E-state index contributed by atoms with van der Waals surface area (Å²) in [5.41, 5.74) is 13.5. The van der Waals surface area contributed by atoms with Gasteiger partial charge in [0.2, 0.25) is 24.5 Å². The van der Waals surface area contributed by atoms with Crippen molar-refractivity contribution in [3.63, 3.8) is 0 Å². The Morgan fingerprint density at radius 1 is 0.923 bits per heavy atom. The van der Waals surface area contributed by atoms with Gasteiger partial charge in [-0.25, -0.2) is 18.3 Å². The van der Waals surface area contributed by atoms with Gasteiger partial charge in [0, 0.05) is 13.8 Å². The molecular weight excluding hydrogens is 362 g/mol. The fraction of sp³-hybridized carbons (Fsp3) is 0.429. The summed E-state index contributed by atoms with van der Waals surface area (Å²) in [4.78, 5) is 22.5. The molecule has 2 rings (SSSR count). The standard InChI is InChI=1S/2C7H11N3O.ClH.N3/c2*1-7(11)8-5-10-4-3-9(2)6-10;;1-3-2/h2*3-4,6H,5H2,1-2H3;1H;/q;;;-1/p+1. The van der Waals surface area contributed by atoms with E-state index in [1.54, 1.807) is 0 Å². The molecular formula is C14H24ClN9O2. The minimum Gasteiger partial charge on any atom is -1.00 e. The number of amides is 2. The van der Waals surface area contributed by atoms with E-state index in [0.717, 1.165) is 0 Å². The van der Waals surface area contributed by atoms with E-state index < -0.39 is 0 Å². The highest BCUT2D eigenvalue weighted by Crippen LogP contribution is 1.80. The summed E-state index contributed by atoms with van der Waals surface area (Å²) in [6.07, 6.45) is 11.4. The van der Waals surface area contributed by atoms with Crippen LogP contribution in [0.5, 0.6) is 0 Å². The van der Waals surface area contributed by atoms with Crippen LogP contribution < -0.4 is 32.2 Å². The van der Waals surface area contributed by atoms with Crippen molar-refractivity contribution in [1.29, 1.82) is 0 Å². The van der Waals surface area contributed by atoms with E-state index in [0.29, 0.717) is 13.3 Å². The molecule has 0 unspecified atom stereocenters. The summed E-state index contributed by atoms with van der Waals surface area (Å²) in [5.74, 6) is -0.0253. The van der Waals surface area contributed by atoms with Gasteiger partial charge in [-0.1, -0.05) is 0 Å². The lowest BCUT2D eigenvalue weighted by molar-refractivity contribution is -0.671. The Labute approximate surface area is 158 Å². The topological polar surface area (TPSA) is 135 Å². The van der Waals surface area contributed by atoms with E-state index in [1.165, 1.54) is 18.8 Å². The third-order valence-corrected chi connectivity index (χ3v) is 2.67. The van der Waals surface area contributed by atoms with Crippen molar-refractivity contribution in [2.24, 2.45) is 14.1 Å². The number of aromatic nitrogens is 4. The third-order valence-electron chi connectivity index (χ3n) is 2.67. The van der Waals surface area contributed by atoms with Crippen LogP contribution in [0.4, 0.5) is 0 Å². The molecule has 0 aliphatic heterocycles. The normalized spacial score (nSPS) is 8.46. The second-order valence-corrected chi connectivity index (χ2v) is 5.06. The van der Waals surface area contributed by atoms with Crippen LogP contribution in [0.15, 0.2) is 37.4 Å². The second-order valence-electron chi connectivity index (χ2n) is 5.06. The molecule has 0 fully saturated rings. The predicted octanol–water partition coefficient (Wildman–Crippen LogP) is -3.32. The van der Waals surface area contributed by atoms with E-state index in [2.05, 4.69) is 10.6 Å². The Kier molecular flexibility index (Phi) is 13.9. The highest BCUT2D eigenvalue weighted by molar-refractivity contribution is 5.72. The molecule has 0 saturated carbocycles. The molecule has 26 heavy (non-hydrogen) atoms. The van der Waals surface area contributed by atoms with Gasteiger partial charge in [0.05, 0.1) is 14.1 Å². The number of hydrogen-bond acceptors (Lipinski definition) is 2. The van der Waals surface area contributed by atoms with E-state index in [4.69, 9.17) is 11.1 Å². The van der Waals surface area contributed by atoms with Crippen LogP contribution in [0.1, 0.15) is 13.8 Å². The highest BCUT2D eigenvalue weighted by atomic mass is 35.5. The number of nitrogens with zero attached hydrogens (tertiary/aromatic N) is 7. The summed E-state index contributed by atoms with van der Waals surface area (Å²) in [6.45, 7) is 4.08. The van der Waals surface area contributed by atoms with Crippen molar-refractivity contribution >= 4 is 11.8 Å². The number of halogens is 1. The molecule has 2 heterocycles. The van der Waals surface area contributed by atoms with Crippen molar-refractivity contribution in [2.45, 2.75) is 27.2 Å². The zero-order valence-electron chi connectivity index (χ0n) is 15.2. The quantitative estimate of drug-likeness (QED) is 0.246. The molecule has 2 aromatic heterocycles. The third kappa shape index (κ3) is 13.4. The van der Waals surface area contributed by atoms with Crippen molar-refractivity contribution < 1.29 is 31.1 Å². The average molecular weight is 386 g/mol. The Balaban J connectivity index is 0. The van der Waals surface area contributed by atoms with Gasteiger partial charge in [0.25, 0.3) is 0 Å². The Bertz CT molecular complexity index is 651. The van der Waals surface area contributed by atoms with Crippen LogP contribution >= 0.6 is 0 Å². The van der Waals surface area contributed by atoms with E-state index in [-0.39, 0.29) is 24.2 Å². The number of imidazole rings is 2. The van der Waals surface area contributed by atoms with Crippen LogP contribution in [-0.2, 0) is 37.0 Å². The second kappa shape index (κ2) is 14.3. The lowest BCUT2D eigenvalue weighted by Gasteiger charge is -1.95. The molecule has 144 valence electrons. The number of aryl methyl sites for hydroxylation is 2. The van der Waals surface area contributed by atoms with Crippen molar-refractivity contribution in [1.82, 2.24) is 19.8 Å². The first-order valence-electron chi connectivity index (χ1n) is 7.27. The van der Waals surface area contributed by atoms with Crippen molar-refractivity contribution in [3.8, 4) is 0 Å². The van der Waals surface area contributed by atoms with Gasteiger partial charge in [0.1, 0.15) is 24.8 Å². The lowest BCUT2D eigenvalue weighted by atomic mass is 10.7. The highest BCUT2D eigenvalue weighted by Gasteiger charge is 1.99. The molecule has 0 aliphatic rings. The summed E-state index contributed by atoms with van der Waals surface area (Å²) in [5, 5.41) is 5.37. The molecule has 0 aromatic carbocycles. The smallest absolute Gasteiger partial charge is 0.245 e. The number of hydrogen-bond donors (Lipinski definition) is 2. The Morgan fingerprint density at radius 2 is 1.23 bits per heavy atom. The molecule has 2 aromatic rings. The molecule has 2 amide bonds. The summed E-state index contributed by atoms with van der Waals surface area (Å²) < 4.78 is 7.62. The van der Waals surface area contributed by atoms with Crippen molar-refractivity contribution in [2.75, 3.05) is 0 Å². The maximum atomic E-state index is 10.5. The molecule has 0 spiro atoms. The van der Waals surface area contributed by atoms with Crippen LogP contribution in [0.3, 0.4) is 0 Å². The van der Waals surface area contributed by atoms with Crippen LogP contribution in [-0.4, -0.2) is 20.9 Å². The molecule has 11 nitrogen and oxygen atoms in total. The van der Waals surface area contributed by atoms with Gasteiger partial charge in [-0.3, -0.25) is 14.5 Å². The fourth-order valence-corrected chi connectivity index (χ4v) is 1.60. The Hall–Kier alpha value is -3.04. The van der Waals surface area contributed by atoms with Crippen molar-refractivity contribution in [3.05, 3.63) is 53.4 Å². The summed E-state index contributed by atoms with van der Waals surface area (Å²) >= 11 is 0. The van der Waals surface area contributed by atoms with Gasteiger partial charge >= 0.3 is 0 Å². The zero-order chi connectivity index (χ0) is 19.2. The first-order chi connectivity index (χ1) is 11.8. The molecule has 0 bridgehead atoms. The first-order valence-corrected chi connectivity index (χ1v) is 7.27. The first kappa shape index (κ1) is 25.2. The molecule has 0 saturated heterocycles. The molecule has 12 heteroatoms. The predicted molar refractivity (Wildman–Crippen MR) is 88.9 cm³/mol. The zero-order valence-corrected chi connectivity index (χ0v) is 16.0. The largest absolute Gasteiger partial charge is 1.00 e. The van der Waals surface area contributed by atoms with Gasteiger partial charge < -0.3 is 34.1 Å². The lowest BCUT2D eigenvalue weighted by Crippen LogP contribution is -3.00. The molecule has 0 atom stereocenters. The van der Waals surface area contributed by atoms with Gasteiger partial charge in [-0.2, -0.15) is 0 Å². The average Bonchev–Trinajstić information content (AvgIpc) is 3.13. The number of nitrogens with one attached hydrogen (secondary N) is 2. The minimum atomic E-state index is -0.0126. The molecule has 2 N–H and O–H groups in total. The Morgan fingerprint density at radius 3 is 1.42 bits per heavy atom. The number of carbonyl (C=O) groups is 2. The maximum absolute atomic E-state index is 10.5. The number of carbonyl (C=O) groups excluding carboxylic acids is 2. The molecule has 0 radical (unpaired) electrons. The monoisotopic (exact) mass is 385 g/mol. The van der Waals surface area contributed by atoms with Crippen LogP contribution in [0.25, 0.3) is 16.0 Å². The van der Waals surface area contributed by atoms with E-state index >= 15 is 0 Å². The summed E-state index contributed by atoms with van der Waals surface area (Å²) in [7, 11) is 3.87. The van der Waals surface area contributed by atoms with Crippen LogP contribution in [0.2, 0.25) is 0 Å². The van der Waals surface area contributed by atoms with E-state index in [9.17, 15) is 9.59 Å². The summed E-state index contributed by atoms with van der Waals surface area (Å²) in [6, 6.07) is 0. The molecule has 0 aliphatic carbocycles. The van der Waals surface area contributed by atoms with E-state index in [1.807, 2.05) is 69.8 Å². The number of rotatable bonds is 4. The maximum Gasteiger partial charge on any atom is 0.245 e. The van der Waals surface area contributed by atoms with Gasteiger partial charge in [-0.15, -0.1) is 0 Å². The van der Waals surface area contributed by atoms with Gasteiger partial charge in [-0.05, 0) is 0 Å². The van der Waals surface area contributed by atoms with Crippen LogP contribution in [0, 0.1) is 0 Å². The van der Waals surface area contributed by atoms with Gasteiger partial charge in [0.15, 0.2) is 13.3 Å².